The van der Waals surface area contributed by atoms with Crippen molar-refractivity contribution in [3.05, 3.63) is 226 Å². The van der Waals surface area contributed by atoms with Crippen LogP contribution in [0.5, 0.6) is 23.0 Å². The molecule has 0 saturated heterocycles. The minimum atomic E-state index is -0.455. The average Bonchev–Trinajstić information content (AvgIpc) is 1.66. The standard InChI is InChI=1S/C97H112F2N2O4/c1-58-40-70(98)54-78(76-50-68(96(21,22)56-90(3,4)5)52-84(86(76)102)100-80-32-27-25-30-72(80)74-36-34-60(46-82(74)100)62-42-64(92(9,10)11)48-65(43-62)93(12,13)14)88(58)104-38-29-39-105-89-59(2)41-71(99)55-79(89)77-51-69(97(23,24)57-91(6,7)8)53-85(87(77)103)101-81-33-28-26-31-73(81)75-37-35-61(47-83(75)101)63-44-66(94(15,16)17)49-67(45-63)95(18,19)20/h25-28,30-37,40-55,102-103H,29,38-39,56-57H2,1-24H3. The van der Waals surface area contributed by atoms with Crippen LogP contribution in [0.15, 0.2) is 170 Å². The monoisotopic (exact) mass is 1410 g/mol. The summed E-state index contributed by atoms with van der Waals surface area (Å²) in [6, 6.07) is 58.4. The highest BCUT2D eigenvalue weighted by molar-refractivity contribution is 6.12. The van der Waals surface area contributed by atoms with Crippen LogP contribution in [0.2, 0.25) is 0 Å². The lowest BCUT2D eigenvalue weighted by Gasteiger charge is -2.34. The number of nitrogens with zero attached hydrogens (tertiary/aromatic N) is 2. The van der Waals surface area contributed by atoms with Gasteiger partial charge in [0.15, 0.2) is 0 Å². The molecule has 8 heteroatoms. The number of phenols is 2. The molecule has 10 aromatic carbocycles. The molecule has 0 unspecified atom stereocenters. The first-order chi connectivity index (χ1) is 48.8. The van der Waals surface area contributed by atoms with E-state index in [0.29, 0.717) is 62.7 Å². The van der Waals surface area contributed by atoms with Crippen LogP contribution in [0.4, 0.5) is 8.78 Å². The Balaban J connectivity index is 0.940. The molecular weight excluding hydrogens is 1300 g/mol. The fourth-order valence-corrected chi connectivity index (χ4v) is 16.4. The van der Waals surface area contributed by atoms with Gasteiger partial charge in [0.1, 0.15) is 34.6 Å². The van der Waals surface area contributed by atoms with Gasteiger partial charge in [-0.3, -0.25) is 0 Å². The van der Waals surface area contributed by atoms with Gasteiger partial charge < -0.3 is 28.8 Å². The Morgan fingerprint density at radius 2 is 0.648 bits per heavy atom. The van der Waals surface area contributed by atoms with Gasteiger partial charge in [0, 0.05) is 50.2 Å². The average molecular weight is 1410 g/mol. The third-order valence-corrected chi connectivity index (χ3v) is 21.4. The molecule has 0 fully saturated rings. The highest BCUT2D eigenvalue weighted by atomic mass is 19.1. The number of aromatic nitrogens is 2. The highest BCUT2D eigenvalue weighted by Crippen LogP contribution is 2.52. The van der Waals surface area contributed by atoms with Crippen LogP contribution in [-0.4, -0.2) is 32.6 Å². The Kier molecular flexibility index (Phi) is 19.4. The van der Waals surface area contributed by atoms with E-state index >= 15 is 8.78 Å². The third-order valence-electron chi connectivity index (χ3n) is 21.4. The summed E-state index contributed by atoms with van der Waals surface area (Å²) in [5, 5.41) is 30.9. The molecule has 6 nitrogen and oxygen atoms in total. The fourth-order valence-electron chi connectivity index (χ4n) is 16.4. The number of para-hydroxylation sites is 2. The van der Waals surface area contributed by atoms with Gasteiger partial charge in [-0.1, -0.05) is 249 Å². The molecule has 105 heavy (non-hydrogen) atoms. The number of halogens is 2. The Bertz CT molecular complexity index is 4960. The minimum Gasteiger partial charge on any atom is -0.505 e. The van der Waals surface area contributed by atoms with Crippen LogP contribution in [0.1, 0.15) is 216 Å². The molecule has 0 amide bonds. The summed E-state index contributed by atoms with van der Waals surface area (Å²) < 4.78 is 51.1. The maximum Gasteiger partial charge on any atom is 0.147 e. The number of aryl methyl sites for hydroxylation is 2. The lowest BCUT2D eigenvalue weighted by Crippen LogP contribution is -2.25. The number of ether oxygens (including phenoxy) is 2. The second-order valence-corrected chi connectivity index (χ2v) is 38.0. The largest absolute Gasteiger partial charge is 0.505 e. The molecule has 0 aliphatic carbocycles. The van der Waals surface area contributed by atoms with E-state index in [0.717, 1.165) is 89.8 Å². The molecule has 12 rings (SSSR count). The van der Waals surface area contributed by atoms with Gasteiger partial charge in [0.25, 0.3) is 0 Å². The molecule has 12 aromatic rings. The number of aromatic hydroxyl groups is 2. The third kappa shape index (κ3) is 15.3. The van der Waals surface area contributed by atoms with Crippen LogP contribution in [0.25, 0.3) is 99.5 Å². The molecule has 2 heterocycles. The van der Waals surface area contributed by atoms with E-state index in [-0.39, 0.29) is 57.2 Å². The minimum absolute atomic E-state index is 0.00243. The van der Waals surface area contributed by atoms with Gasteiger partial charge in [0.05, 0.1) is 46.7 Å². The van der Waals surface area contributed by atoms with E-state index in [1.807, 2.05) is 38.1 Å². The second-order valence-electron chi connectivity index (χ2n) is 38.0. The van der Waals surface area contributed by atoms with Crippen molar-refractivity contribution in [2.24, 2.45) is 10.8 Å². The molecule has 0 aliphatic rings. The predicted molar refractivity (Wildman–Crippen MR) is 441 cm³/mol. The summed E-state index contributed by atoms with van der Waals surface area (Å²) in [5.74, 6) is -0.0316. The van der Waals surface area contributed by atoms with Crippen molar-refractivity contribution >= 4 is 43.6 Å². The van der Waals surface area contributed by atoms with Crippen LogP contribution >= 0.6 is 0 Å². The smallest absolute Gasteiger partial charge is 0.147 e. The summed E-state index contributed by atoms with van der Waals surface area (Å²) in [5.41, 5.74) is 17.9. The van der Waals surface area contributed by atoms with E-state index in [2.05, 4.69) is 283 Å². The topological polar surface area (TPSA) is 68.8 Å². The SMILES string of the molecule is Cc1cc(F)cc(-c2cc(C(C)(C)CC(C)(C)C)cc(-n3c4ccccc4c4ccc(-c5cc(C(C)(C)C)cc(C(C)(C)C)c5)cc43)c2O)c1OCCCOc1c(C)cc(F)cc1-c1cc(C(C)(C)CC(C)(C)C)cc(-n2c3ccccc3c3ccc(-c4cc(C(C)(C)C)cc(C(C)(C)C)c4)cc32)c1O. The van der Waals surface area contributed by atoms with E-state index < -0.39 is 22.5 Å². The number of phenolic OH excluding ortho intramolecular Hbond substituents is 2. The first-order valence-electron chi connectivity index (χ1n) is 37.8. The van der Waals surface area contributed by atoms with E-state index in [1.165, 1.54) is 46.5 Å². The summed E-state index contributed by atoms with van der Waals surface area (Å²) in [4.78, 5) is 0. The molecular formula is C97H112F2N2O4. The van der Waals surface area contributed by atoms with Crippen molar-refractivity contribution in [1.29, 1.82) is 0 Å². The van der Waals surface area contributed by atoms with Gasteiger partial charge >= 0.3 is 0 Å². The molecule has 0 radical (unpaired) electrons. The number of benzene rings is 10. The molecule has 2 N–H and O–H groups in total. The molecule has 0 atom stereocenters. The maximum absolute atomic E-state index is 16.5. The van der Waals surface area contributed by atoms with E-state index in [4.69, 9.17) is 9.47 Å². The Labute approximate surface area is 624 Å². The molecule has 2 aromatic heterocycles. The lowest BCUT2D eigenvalue weighted by molar-refractivity contribution is 0.246. The Morgan fingerprint density at radius 3 is 0.971 bits per heavy atom. The number of hydrogen-bond acceptors (Lipinski definition) is 4. The normalized spacial score (nSPS) is 13.1. The summed E-state index contributed by atoms with van der Waals surface area (Å²) in [6.07, 6.45) is 2.01. The summed E-state index contributed by atoms with van der Waals surface area (Å²) >= 11 is 0. The van der Waals surface area contributed by atoms with Crippen molar-refractivity contribution in [3.8, 4) is 78.9 Å². The first-order valence-corrected chi connectivity index (χ1v) is 37.8. The molecule has 548 valence electrons. The zero-order valence-electron chi connectivity index (χ0n) is 67.1. The van der Waals surface area contributed by atoms with Gasteiger partial charge in [-0.2, -0.15) is 0 Å². The Morgan fingerprint density at radius 1 is 0.324 bits per heavy atom. The van der Waals surface area contributed by atoms with Crippen LogP contribution < -0.4 is 9.47 Å². The summed E-state index contributed by atoms with van der Waals surface area (Å²) in [7, 11) is 0. The second kappa shape index (κ2) is 27.0. The lowest BCUT2D eigenvalue weighted by atomic mass is 9.71. The van der Waals surface area contributed by atoms with Crippen molar-refractivity contribution < 1.29 is 28.5 Å². The van der Waals surface area contributed by atoms with Gasteiger partial charge in [-0.05, 0) is 210 Å². The Hall–Kier alpha value is -9.14. The van der Waals surface area contributed by atoms with Crippen molar-refractivity contribution in [3.63, 3.8) is 0 Å². The van der Waals surface area contributed by atoms with Gasteiger partial charge in [-0.15, -0.1) is 0 Å². The van der Waals surface area contributed by atoms with Crippen LogP contribution in [-0.2, 0) is 32.5 Å². The van der Waals surface area contributed by atoms with Gasteiger partial charge in [-0.25, -0.2) is 8.78 Å². The van der Waals surface area contributed by atoms with Crippen molar-refractivity contribution in [2.45, 2.75) is 218 Å². The predicted octanol–water partition coefficient (Wildman–Crippen LogP) is 27.3. The molecule has 0 saturated carbocycles. The zero-order chi connectivity index (χ0) is 76.4. The number of fused-ring (bicyclic) bond motifs is 6. The number of hydrogen-bond donors (Lipinski definition) is 2. The molecule has 0 spiro atoms. The van der Waals surface area contributed by atoms with E-state index in [1.54, 1.807) is 0 Å². The van der Waals surface area contributed by atoms with Crippen molar-refractivity contribution in [2.75, 3.05) is 13.2 Å². The van der Waals surface area contributed by atoms with E-state index in [9.17, 15) is 10.2 Å². The summed E-state index contributed by atoms with van der Waals surface area (Å²) in [6.45, 7) is 53.7. The van der Waals surface area contributed by atoms with Crippen molar-refractivity contribution in [1.82, 2.24) is 9.13 Å². The first kappa shape index (κ1) is 75.5. The number of rotatable bonds is 16. The fraction of sp³-hybridized carbons (Fsp3) is 0.381. The maximum atomic E-state index is 16.5. The quantitative estimate of drug-likeness (QED) is 0.0946. The van der Waals surface area contributed by atoms with Gasteiger partial charge in [0.2, 0.25) is 0 Å². The molecule has 0 bridgehead atoms. The molecule has 0 aliphatic heterocycles. The highest BCUT2D eigenvalue weighted by Gasteiger charge is 2.35. The van der Waals surface area contributed by atoms with Crippen LogP contribution in [0, 0.1) is 36.3 Å². The van der Waals surface area contributed by atoms with Crippen LogP contribution in [0.3, 0.4) is 0 Å². The zero-order valence-corrected chi connectivity index (χ0v) is 67.1.